The van der Waals surface area contributed by atoms with Crippen molar-refractivity contribution in [3.63, 3.8) is 0 Å². The minimum atomic E-state index is -0.645. The van der Waals surface area contributed by atoms with E-state index in [-0.39, 0.29) is 29.6 Å². The fraction of sp³-hybridized carbons (Fsp3) is 0.316. The molecule has 27 heavy (non-hydrogen) atoms. The number of carbonyl (C=O) groups is 2. The van der Waals surface area contributed by atoms with Gasteiger partial charge in [-0.3, -0.25) is 4.79 Å². The van der Waals surface area contributed by atoms with Gasteiger partial charge in [0.25, 0.3) is 0 Å². The number of benzene rings is 1. The van der Waals surface area contributed by atoms with Crippen molar-refractivity contribution in [3.05, 3.63) is 59.0 Å². The zero-order chi connectivity index (χ0) is 19.0. The number of rotatable bonds is 6. The van der Waals surface area contributed by atoms with Crippen LogP contribution in [0.5, 0.6) is 0 Å². The summed E-state index contributed by atoms with van der Waals surface area (Å²) in [5, 5.41) is 7.93. The Morgan fingerprint density at radius 3 is 2.78 bits per heavy atom. The maximum Gasteiger partial charge on any atom is 0.361 e. The summed E-state index contributed by atoms with van der Waals surface area (Å²) >= 11 is 0. The molecule has 3 aromatic rings. The number of esters is 1. The van der Waals surface area contributed by atoms with E-state index in [2.05, 4.69) is 15.2 Å². The summed E-state index contributed by atoms with van der Waals surface area (Å²) < 4.78 is 12.0. The SMILES string of the molecule is CCOC(=O)c1noc(C2CC2)c1C(=O)c1ccc(-n2cncn2)cc1C. The molecule has 0 atom stereocenters. The molecular weight excluding hydrogens is 348 g/mol. The van der Waals surface area contributed by atoms with E-state index in [1.807, 2.05) is 13.0 Å². The first kappa shape index (κ1) is 17.1. The van der Waals surface area contributed by atoms with E-state index in [1.54, 1.807) is 30.1 Å². The first-order valence-corrected chi connectivity index (χ1v) is 8.77. The van der Waals surface area contributed by atoms with Gasteiger partial charge in [0.05, 0.1) is 12.3 Å². The van der Waals surface area contributed by atoms with Crippen LogP contribution in [0.4, 0.5) is 0 Å². The Morgan fingerprint density at radius 2 is 2.15 bits per heavy atom. The molecular formula is C19H18N4O4. The molecule has 0 unspecified atom stereocenters. The van der Waals surface area contributed by atoms with E-state index in [4.69, 9.17) is 9.26 Å². The van der Waals surface area contributed by atoms with Gasteiger partial charge in [0, 0.05) is 11.5 Å². The summed E-state index contributed by atoms with van der Waals surface area (Å²) in [6.45, 7) is 3.74. The van der Waals surface area contributed by atoms with Gasteiger partial charge in [-0.15, -0.1) is 0 Å². The lowest BCUT2D eigenvalue weighted by molar-refractivity contribution is 0.0512. The van der Waals surface area contributed by atoms with Crippen LogP contribution >= 0.6 is 0 Å². The van der Waals surface area contributed by atoms with Crippen LogP contribution in [-0.2, 0) is 4.74 Å². The fourth-order valence-corrected chi connectivity index (χ4v) is 3.01. The zero-order valence-corrected chi connectivity index (χ0v) is 15.0. The zero-order valence-electron chi connectivity index (χ0n) is 15.0. The molecule has 0 spiro atoms. The van der Waals surface area contributed by atoms with Crippen LogP contribution in [0.25, 0.3) is 5.69 Å². The molecule has 4 rings (SSSR count). The van der Waals surface area contributed by atoms with Crippen molar-refractivity contribution < 1.29 is 18.8 Å². The predicted octanol–water partition coefficient (Wildman–Crippen LogP) is 2.85. The number of nitrogens with zero attached hydrogens (tertiary/aromatic N) is 4. The van der Waals surface area contributed by atoms with Crippen LogP contribution in [0, 0.1) is 6.92 Å². The quantitative estimate of drug-likeness (QED) is 0.488. The molecule has 138 valence electrons. The second-order valence-electron chi connectivity index (χ2n) is 6.43. The Bertz CT molecular complexity index is 1000. The normalized spacial score (nSPS) is 13.6. The Hall–Kier alpha value is -3.29. The average Bonchev–Trinajstić information content (AvgIpc) is 3.19. The summed E-state index contributed by atoms with van der Waals surface area (Å²) in [4.78, 5) is 29.4. The molecule has 8 heteroatoms. The van der Waals surface area contributed by atoms with Gasteiger partial charge in [-0.1, -0.05) is 5.16 Å². The van der Waals surface area contributed by atoms with E-state index in [0.717, 1.165) is 24.1 Å². The summed E-state index contributed by atoms with van der Waals surface area (Å²) in [6.07, 6.45) is 4.86. The average molecular weight is 366 g/mol. The van der Waals surface area contributed by atoms with Crippen molar-refractivity contribution in [2.45, 2.75) is 32.6 Å². The van der Waals surface area contributed by atoms with Gasteiger partial charge in [0.15, 0.2) is 11.5 Å². The van der Waals surface area contributed by atoms with Crippen LogP contribution in [0.15, 0.2) is 35.4 Å². The lowest BCUT2D eigenvalue weighted by Crippen LogP contribution is -2.14. The smallest absolute Gasteiger partial charge is 0.361 e. The van der Waals surface area contributed by atoms with E-state index >= 15 is 0 Å². The summed E-state index contributed by atoms with van der Waals surface area (Å²) in [7, 11) is 0. The molecule has 0 aliphatic heterocycles. The molecule has 1 fully saturated rings. The monoisotopic (exact) mass is 366 g/mol. The Morgan fingerprint density at radius 1 is 1.33 bits per heavy atom. The van der Waals surface area contributed by atoms with Gasteiger partial charge in [-0.05, 0) is 50.5 Å². The van der Waals surface area contributed by atoms with Gasteiger partial charge in [-0.25, -0.2) is 14.5 Å². The fourth-order valence-electron chi connectivity index (χ4n) is 3.01. The van der Waals surface area contributed by atoms with Gasteiger partial charge >= 0.3 is 5.97 Å². The number of aromatic nitrogens is 4. The lowest BCUT2D eigenvalue weighted by atomic mass is 9.96. The Labute approximate surface area is 155 Å². The predicted molar refractivity (Wildman–Crippen MR) is 94.0 cm³/mol. The molecule has 0 bridgehead atoms. The molecule has 8 nitrogen and oxygen atoms in total. The molecule has 1 aliphatic carbocycles. The van der Waals surface area contributed by atoms with E-state index in [9.17, 15) is 9.59 Å². The van der Waals surface area contributed by atoms with Crippen molar-refractivity contribution in [3.8, 4) is 5.69 Å². The first-order valence-electron chi connectivity index (χ1n) is 8.77. The highest BCUT2D eigenvalue weighted by molar-refractivity contribution is 6.15. The highest BCUT2D eigenvalue weighted by Gasteiger charge is 2.37. The van der Waals surface area contributed by atoms with Crippen LogP contribution in [-0.4, -0.2) is 38.3 Å². The summed E-state index contributed by atoms with van der Waals surface area (Å²) in [6, 6.07) is 5.34. The molecule has 0 amide bonds. The Balaban J connectivity index is 1.74. The largest absolute Gasteiger partial charge is 0.461 e. The van der Waals surface area contributed by atoms with Crippen LogP contribution < -0.4 is 0 Å². The maximum absolute atomic E-state index is 13.3. The molecule has 1 aromatic carbocycles. The molecule has 0 saturated heterocycles. The third kappa shape index (κ3) is 3.14. The molecule has 2 aromatic heterocycles. The third-order valence-corrected chi connectivity index (χ3v) is 4.50. The molecule has 0 radical (unpaired) electrons. The second kappa shape index (κ2) is 6.79. The van der Waals surface area contributed by atoms with Gasteiger partial charge in [-0.2, -0.15) is 5.10 Å². The van der Waals surface area contributed by atoms with E-state index in [0.29, 0.717) is 11.3 Å². The van der Waals surface area contributed by atoms with Crippen molar-refractivity contribution >= 4 is 11.8 Å². The number of ether oxygens (including phenoxy) is 1. The van der Waals surface area contributed by atoms with Gasteiger partial charge < -0.3 is 9.26 Å². The standard InChI is InChI=1S/C19H18N4O4/c1-3-26-19(25)16-15(18(27-22-16)12-4-5-12)17(24)14-7-6-13(8-11(14)2)23-10-20-9-21-23/h6-10,12H,3-5H2,1-2H3. The number of carbonyl (C=O) groups excluding carboxylic acids is 2. The van der Waals surface area contributed by atoms with Crippen molar-refractivity contribution in [1.29, 1.82) is 0 Å². The van der Waals surface area contributed by atoms with Crippen molar-refractivity contribution in [1.82, 2.24) is 19.9 Å². The highest BCUT2D eigenvalue weighted by atomic mass is 16.5. The van der Waals surface area contributed by atoms with E-state index < -0.39 is 5.97 Å². The van der Waals surface area contributed by atoms with Crippen LogP contribution in [0.3, 0.4) is 0 Å². The van der Waals surface area contributed by atoms with Gasteiger partial charge in [0.2, 0.25) is 5.69 Å². The van der Waals surface area contributed by atoms with Gasteiger partial charge in [0.1, 0.15) is 18.2 Å². The number of hydrogen-bond donors (Lipinski definition) is 0. The first-order chi connectivity index (χ1) is 13.1. The van der Waals surface area contributed by atoms with E-state index in [1.165, 1.54) is 6.33 Å². The minimum Gasteiger partial charge on any atom is -0.461 e. The molecule has 2 heterocycles. The molecule has 1 aliphatic rings. The summed E-state index contributed by atoms with van der Waals surface area (Å²) in [5.41, 5.74) is 2.19. The number of aryl methyl sites for hydroxylation is 1. The highest BCUT2D eigenvalue weighted by Crippen LogP contribution is 2.43. The topological polar surface area (TPSA) is 100 Å². The number of hydrogen-bond acceptors (Lipinski definition) is 7. The second-order valence-corrected chi connectivity index (χ2v) is 6.43. The van der Waals surface area contributed by atoms with Crippen LogP contribution in [0.1, 0.15) is 63.4 Å². The van der Waals surface area contributed by atoms with Crippen molar-refractivity contribution in [2.75, 3.05) is 6.61 Å². The molecule has 0 N–H and O–H groups in total. The number of ketones is 1. The minimum absolute atomic E-state index is 0.0523. The third-order valence-electron chi connectivity index (χ3n) is 4.50. The lowest BCUT2D eigenvalue weighted by Gasteiger charge is -2.08. The maximum atomic E-state index is 13.3. The Kier molecular flexibility index (Phi) is 4.31. The molecule has 1 saturated carbocycles. The van der Waals surface area contributed by atoms with Crippen LogP contribution in [0.2, 0.25) is 0 Å². The summed E-state index contributed by atoms with van der Waals surface area (Å²) in [5.74, 6) is -0.325. The van der Waals surface area contributed by atoms with Crippen molar-refractivity contribution in [2.24, 2.45) is 0 Å².